The lowest BCUT2D eigenvalue weighted by Crippen LogP contribution is -2.36. The monoisotopic (exact) mass is 230 g/mol. The van der Waals surface area contributed by atoms with E-state index in [9.17, 15) is 0 Å². The van der Waals surface area contributed by atoms with E-state index < -0.39 is 0 Å². The molecule has 2 aliphatic rings. The molecule has 0 spiro atoms. The van der Waals surface area contributed by atoms with Crippen LogP contribution in [0.25, 0.3) is 0 Å². The number of nitrogens with zero attached hydrogens (tertiary/aromatic N) is 1. The molecular formula is C15H22N2. The predicted octanol–water partition coefficient (Wildman–Crippen LogP) is 1.97. The van der Waals surface area contributed by atoms with E-state index in [0.29, 0.717) is 6.04 Å². The van der Waals surface area contributed by atoms with Gasteiger partial charge in [0.05, 0.1) is 0 Å². The molecule has 2 heteroatoms. The van der Waals surface area contributed by atoms with Gasteiger partial charge >= 0.3 is 0 Å². The zero-order valence-electron chi connectivity index (χ0n) is 10.7. The minimum Gasteiger partial charge on any atom is -0.317 e. The third-order valence-corrected chi connectivity index (χ3v) is 4.26. The van der Waals surface area contributed by atoms with Gasteiger partial charge in [0.15, 0.2) is 0 Å². The summed E-state index contributed by atoms with van der Waals surface area (Å²) in [7, 11) is 2.08. The Morgan fingerprint density at radius 3 is 2.88 bits per heavy atom. The van der Waals surface area contributed by atoms with Crippen LogP contribution in [0, 0.1) is 0 Å². The Hall–Kier alpha value is -0.860. The summed E-state index contributed by atoms with van der Waals surface area (Å²) >= 11 is 0. The molecular weight excluding hydrogens is 208 g/mol. The summed E-state index contributed by atoms with van der Waals surface area (Å²) in [6, 6.07) is 7.81. The summed E-state index contributed by atoms with van der Waals surface area (Å²) in [5.41, 5.74) is 4.66. The van der Waals surface area contributed by atoms with Crippen LogP contribution < -0.4 is 5.32 Å². The highest BCUT2D eigenvalue weighted by molar-refractivity contribution is 5.34. The number of aryl methyl sites for hydroxylation is 1. The van der Waals surface area contributed by atoms with Crippen LogP contribution in [-0.4, -0.2) is 31.1 Å². The molecule has 3 rings (SSSR count). The number of fused-ring (bicyclic) bond motifs is 1. The molecule has 1 N–H and O–H groups in total. The number of likely N-dealkylation sites (tertiary alicyclic amines) is 1. The molecule has 1 aromatic carbocycles. The summed E-state index contributed by atoms with van der Waals surface area (Å²) in [6.45, 7) is 3.74. The van der Waals surface area contributed by atoms with Gasteiger partial charge in [-0.25, -0.2) is 0 Å². The summed E-state index contributed by atoms with van der Waals surface area (Å²) < 4.78 is 0. The molecule has 0 aromatic heterocycles. The van der Waals surface area contributed by atoms with E-state index in [1.807, 2.05) is 0 Å². The summed E-state index contributed by atoms with van der Waals surface area (Å²) in [4.78, 5) is 2.53. The Kier molecular flexibility index (Phi) is 3.17. The zero-order chi connectivity index (χ0) is 11.7. The van der Waals surface area contributed by atoms with Crippen molar-refractivity contribution in [3.05, 3.63) is 34.9 Å². The Morgan fingerprint density at radius 2 is 2.18 bits per heavy atom. The van der Waals surface area contributed by atoms with Gasteiger partial charge in [-0.05, 0) is 62.5 Å². The maximum atomic E-state index is 3.40. The molecule has 1 aliphatic heterocycles. The highest BCUT2D eigenvalue weighted by Crippen LogP contribution is 2.23. The number of hydrogen-bond acceptors (Lipinski definition) is 2. The smallest absolute Gasteiger partial charge is 0.0233 e. The molecule has 1 fully saturated rings. The van der Waals surface area contributed by atoms with Crippen molar-refractivity contribution >= 4 is 0 Å². The maximum absolute atomic E-state index is 3.40. The van der Waals surface area contributed by atoms with Crippen LogP contribution in [0.2, 0.25) is 0 Å². The van der Waals surface area contributed by atoms with E-state index in [0.717, 1.165) is 6.54 Å². The van der Waals surface area contributed by atoms with E-state index in [-0.39, 0.29) is 0 Å². The van der Waals surface area contributed by atoms with Gasteiger partial charge in [0.1, 0.15) is 0 Å². The minimum atomic E-state index is 0.684. The normalized spacial score (nSPS) is 24.2. The number of benzene rings is 1. The second-order valence-electron chi connectivity index (χ2n) is 5.46. The Morgan fingerprint density at radius 1 is 1.29 bits per heavy atom. The summed E-state index contributed by atoms with van der Waals surface area (Å²) in [5, 5.41) is 3.40. The highest BCUT2D eigenvalue weighted by Gasteiger charge is 2.18. The number of hydrogen-bond donors (Lipinski definition) is 1. The third kappa shape index (κ3) is 2.38. The van der Waals surface area contributed by atoms with E-state index >= 15 is 0 Å². The average Bonchev–Trinajstić information content (AvgIpc) is 2.33. The molecule has 2 nitrogen and oxygen atoms in total. The third-order valence-electron chi connectivity index (χ3n) is 4.26. The molecule has 92 valence electrons. The average molecular weight is 230 g/mol. The molecule has 1 unspecified atom stereocenters. The first-order valence-corrected chi connectivity index (χ1v) is 6.85. The fourth-order valence-corrected chi connectivity index (χ4v) is 2.95. The lowest BCUT2D eigenvalue weighted by atomic mass is 9.87. The van der Waals surface area contributed by atoms with Gasteiger partial charge in [-0.1, -0.05) is 18.2 Å². The lowest BCUT2D eigenvalue weighted by molar-refractivity contribution is 0.172. The fourth-order valence-electron chi connectivity index (χ4n) is 2.95. The van der Waals surface area contributed by atoms with Crippen molar-refractivity contribution in [1.82, 2.24) is 10.2 Å². The Labute approximate surface area is 104 Å². The van der Waals surface area contributed by atoms with Crippen LogP contribution in [0.5, 0.6) is 0 Å². The Bertz CT molecular complexity index is 396. The fraction of sp³-hybridized carbons (Fsp3) is 0.600. The molecule has 0 bridgehead atoms. The summed E-state index contributed by atoms with van der Waals surface area (Å²) in [5.74, 6) is 0. The van der Waals surface area contributed by atoms with Crippen LogP contribution in [0.1, 0.15) is 29.5 Å². The van der Waals surface area contributed by atoms with E-state index in [4.69, 9.17) is 0 Å². The van der Waals surface area contributed by atoms with Crippen LogP contribution in [-0.2, 0) is 19.4 Å². The SMILES string of the molecule is CNC1CCc2cc(CN3CCC3)ccc2C1. The topological polar surface area (TPSA) is 15.3 Å². The first-order chi connectivity index (χ1) is 8.35. The molecule has 1 heterocycles. The number of nitrogens with one attached hydrogen (secondary N) is 1. The quantitative estimate of drug-likeness (QED) is 0.854. The molecule has 1 aliphatic carbocycles. The van der Waals surface area contributed by atoms with Crippen LogP contribution in [0.3, 0.4) is 0 Å². The highest BCUT2D eigenvalue weighted by atomic mass is 15.2. The van der Waals surface area contributed by atoms with Gasteiger partial charge in [0, 0.05) is 12.6 Å². The molecule has 0 amide bonds. The molecule has 0 radical (unpaired) electrons. The van der Waals surface area contributed by atoms with Gasteiger partial charge in [0.2, 0.25) is 0 Å². The molecule has 0 saturated carbocycles. The summed E-state index contributed by atoms with van der Waals surface area (Å²) in [6.07, 6.45) is 5.12. The van der Waals surface area contributed by atoms with Gasteiger partial charge in [-0.3, -0.25) is 4.90 Å². The largest absolute Gasteiger partial charge is 0.317 e. The number of rotatable bonds is 3. The zero-order valence-corrected chi connectivity index (χ0v) is 10.7. The predicted molar refractivity (Wildman–Crippen MR) is 71.2 cm³/mol. The van der Waals surface area contributed by atoms with E-state index in [2.05, 4.69) is 35.5 Å². The van der Waals surface area contributed by atoms with Crippen LogP contribution in [0.4, 0.5) is 0 Å². The van der Waals surface area contributed by atoms with Crippen molar-refractivity contribution in [3.8, 4) is 0 Å². The molecule has 1 atom stereocenters. The van der Waals surface area contributed by atoms with Gasteiger partial charge < -0.3 is 5.32 Å². The van der Waals surface area contributed by atoms with Gasteiger partial charge in [0.25, 0.3) is 0 Å². The second kappa shape index (κ2) is 4.79. The van der Waals surface area contributed by atoms with Gasteiger partial charge in [-0.15, -0.1) is 0 Å². The Balaban J connectivity index is 1.72. The van der Waals surface area contributed by atoms with E-state index in [1.54, 1.807) is 11.1 Å². The van der Waals surface area contributed by atoms with Crippen molar-refractivity contribution in [3.63, 3.8) is 0 Å². The first kappa shape index (κ1) is 11.2. The molecule has 1 aromatic rings. The molecule has 17 heavy (non-hydrogen) atoms. The minimum absolute atomic E-state index is 0.684. The van der Waals surface area contributed by atoms with E-state index in [1.165, 1.54) is 44.3 Å². The maximum Gasteiger partial charge on any atom is 0.0233 e. The van der Waals surface area contributed by atoms with Crippen molar-refractivity contribution < 1.29 is 0 Å². The number of likely N-dealkylation sites (N-methyl/N-ethyl adjacent to an activating group) is 1. The van der Waals surface area contributed by atoms with Crippen LogP contribution >= 0.6 is 0 Å². The second-order valence-corrected chi connectivity index (χ2v) is 5.46. The van der Waals surface area contributed by atoms with Crippen molar-refractivity contribution in [2.75, 3.05) is 20.1 Å². The van der Waals surface area contributed by atoms with Crippen LogP contribution in [0.15, 0.2) is 18.2 Å². The molecule has 1 saturated heterocycles. The van der Waals surface area contributed by atoms with Gasteiger partial charge in [-0.2, -0.15) is 0 Å². The first-order valence-electron chi connectivity index (χ1n) is 6.85. The lowest BCUT2D eigenvalue weighted by Gasteiger charge is -2.31. The van der Waals surface area contributed by atoms with Crippen molar-refractivity contribution in [1.29, 1.82) is 0 Å². The van der Waals surface area contributed by atoms with Crippen molar-refractivity contribution in [2.45, 2.75) is 38.3 Å². The standard InChI is InChI=1S/C15H22N2/c1-16-15-6-5-13-9-12(3-4-14(13)10-15)11-17-7-2-8-17/h3-4,9,15-16H,2,5-8,10-11H2,1H3. The van der Waals surface area contributed by atoms with Crippen molar-refractivity contribution in [2.24, 2.45) is 0 Å².